The zero-order chi connectivity index (χ0) is 14.3. The first-order chi connectivity index (χ1) is 9.06. The van der Waals surface area contributed by atoms with Gasteiger partial charge in [-0.05, 0) is 18.6 Å². The Balaban J connectivity index is 2.64. The summed E-state index contributed by atoms with van der Waals surface area (Å²) in [5, 5.41) is 8.99. The summed E-state index contributed by atoms with van der Waals surface area (Å²) in [4.78, 5) is 22.4. The van der Waals surface area contributed by atoms with Crippen LogP contribution >= 0.6 is 0 Å². The highest BCUT2D eigenvalue weighted by Gasteiger charge is 2.18. The van der Waals surface area contributed by atoms with Crippen LogP contribution in [0, 0.1) is 0 Å². The maximum atomic E-state index is 11.4. The van der Waals surface area contributed by atoms with E-state index in [9.17, 15) is 9.59 Å². The number of carboxylic acids is 1. The van der Waals surface area contributed by atoms with E-state index in [4.69, 9.17) is 20.3 Å². The molecule has 0 atom stereocenters. The zero-order valence-corrected chi connectivity index (χ0v) is 10.7. The van der Waals surface area contributed by atoms with E-state index in [0.29, 0.717) is 0 Å². The van der Waals surface area contributed by atoms with Crippen LogP contribution in [-0.2, 0) is 4.74 Å². The van der Waals surface area contributed by atoms with Gasteiger partial charge >= 0.3 is 12.1 Å². The van der Waals surface area contributed by atoms with Crippen molar-refractivity contribution in [3.63, 3.8) is 0 Å². The number of aromatic carboxylic acids is 1. The summed E-state index contributed by atoms with van der Waals surface area (Å²) in [5.74, 6) is -1.38. The van der Waals surface area contributed by atoms with Crippen LogP contribution in [0.3, 0.4) is 0 Å². The van der Waals surface area contributed by atoms with Gasteiger partial charge in [0.2, 0.25) is 0 Å². The molecule has 0 saturated heterocycles. The molecule has 104 valence electrons. The number of nitrogen functional groups attached to an aromatic ring is 1. The van der Waals surface area contributed by atoms with Gasteiger partial charge in [-0.25, -0.2) is 9.59 Å². The van der Waals surface area contributed by atoms with Crippen LogP contribution in [0.25, 0.3) is 0 Å². The predicted molar refractivity (Wildman–Crippen MR) is 69.3 cm³/mol. The number of hydrogen-bond donors (Lipinski definition) is 2. The number of nitrogens with two attached hydrogens (primary N) is 1. The van der Waals surface area contributed by atoms with Crippen molar-refractivity contribution in [1.82, 2.24) is 0 Å². The number of unbranched alkanes of at least 4 members (excludes halogenated alkanes) is 2. The summed E-state index contributed by atoms with van der Waals surface area (Å²) < 4.78 is 9.67. The van der Waals surface area contributed by atoms with Gasteiger partial charge in [0.25, 0.3) is 0 Å². The van der Waals surface area contributed by atoms with Crippen LogP contribution < -0.4 is 10.5 Å². The Bertz CT molecular complexity index is 458. The lowest BCUT2D eigenvalue weighted by atomic mass is 10.1. The van der Waals surface area contributed by atoms with E-state index in [0.717, 1.165) is 19.3 Å². The first kappa shape index (κ1) is 14.8. The zero-order valence-electron chi connectivity index (χ0n) is 10.7. The third-order valence-electron chi connectivity index (χ3n) is 2.43. The first-order valence-electron chi connectivity index (χ1n) is 6.02. The van der Waals surface area contributed by atoms with Gasteiger partial charge in [-0.1, -0.05) is 25.8 Å². The first-order valence-corrected chi connectivity index (χ1v) is 6.02. The van der Waals surface area contributed by atoms with Crippen LogP contribution in [0.1, 0.15) is 36.5 Å². The molecule has 0 aliphatic heterocycles. The fraction of sp³-hybridized carbons (Fsp3) is 0.385. The standard InChI is InChI=1S/C13H17NO5/c1-2-3-4-8-18-13(17)19-10-7-5-6-9(14)11(10)12(15)16/h5-7H,2-4,8,14H2,1H3,(H,15,16). The van der Waals surface area contributed by atoms with Crippen molar-refractivity contribution in [1.29, 1.82) is 0 Å². The number of ether oxygens (including phenoxy) is 2. The van der Waals surface area contributed by atoms with E-state index >= 15 is 0 Å². The van der Waals surface area contributed by atoms with Gasteiger partial charge in [0.15, 0.2) is 5.75 Å². The van der Waals surface area contributed by atoms with Crippen molar-refractivity contribution in [2.24, 2.45) is 0 Å². The summed E-state index contributed by atoms with van der Waals surface area (Å²) >= 11 is 0. The Morgan fingerprint density at radius 3 is 2.68 bits per heavy atom. The quantitative estimate of drug-likeness (QED) is 0.356. The molecule has 1 rings (SSSR count). The monoisotopic (exact) mass is 267 g/mol. The van der Waals surface area contributed by atoms with E-state index in [-0.39, 0.29) is 23.6 Å². The number of anilines is 1. The van der Waals surface area contributed by atoms with Gasteiger partial charge in [0.05, 0.1) is 6.61 Å². The smallest absolute Gasteiger partial charge is 0.477 e. The summed E-state index contributed by atoms with van der Waals surface area (Å²) in [5.41, 5.74) is 5.31. The Morgan fingerprint density at radius 1 is 1.32 bits per heavy atom. The third kappa shape index (κ3) is 4.50. The largest absolute Gasteiger partial charge is 0.513 e. The Labute approximate surface area is 111 Å². The molecule has 0 fully saturated rings. The molecule has 0 bridgehead atoms. The molecule has 19 heavy (non-hydrogen) atoms. The fourth-order valence-electron chi connectivity index (χ4n) is 1.49. The van der Waals surface area contributed by atoms with E-state index in [2.05, 4.69) is 0 Å². The van der Waals surface area contributed by atoms with Gasteiger partial charge in [-0.3, -0.25) is 0 Å². The average molecular weight is 267 g/mol. The van der Waals surface area contributed by atoms with Gasteiger partial charge in [-0.2, -0.15) is 0 Å². The van der Waals surface area contributed by atoms with Crippen LogP contribution in [0.5, 0.6) is 5.75 Å². The lowest BCUT2D eigenvalue weighted by Gasteiger charge is -2.09. The molecule has 0 amide bonds. The van der Waals surface area contributed by atoms with E-state index in [1.807, 2.05) is 6.92 Å². The number of hydrogen-bond acceptors (Lipinski definition) is 5. The normalized spacial score (nSPS) is 9.95. The Morgan fingerprint density at radius 2 is 2.05 bits per heavy atom. The van der Waals surface area contributed by atoms with Crippen LogP contribution in [0.15, 0.2) is 18.2 Å². The maximum absolute atomic E-state index is 11.4. The molecule has 6 nitrogen and oxygen atoms in total. The molecular formula is C13H17NO5. The van der Waals surface area contributed by atoms with Gasteiger partial charge < -0.3 is 20.3 Å². The average Bonchev–Trinajstić information content (AvgIpc) is 2.34. The molecule has 0 aliphatic rings. The highest BCUT2D eigenvalue weighted by Crippen LogP contribution is 2.24. The second kappa shape index (κ2) is 7.25. The van der Waals surface area contributed by atoms with Crippen LogP contribution in [0.4, 0.5) is 10.5 Å². The number of carboxylic acid groups (broad SMARTS) is 1. The number of rotatable bonds is 6. The molecule has 3 N–H and O–H groups in total. The Hall–Kier alpha value is -2.24. The molecule has 1 aromatic carbocycles. The molecule has 1 aromatic rings. The minimum absolute atomic E-state index is 0.0313. The van der Waals surface area contributed by atoms with E-state index < -0.39 is 12.1 Å². The molecule has 0 saturated carbocycles. The number of benzene rings is 1. The number of carbonyl (C=O) groups is 2. The predicted octanol–water partition coefficient (Wildman–Crippen LogP) is 2.67. The Kier molecular flexibility index (Phi) is 5.66. The summed E-state index contributed by atoms with van der Waals surface area (Å²) in [6.07, 6.45) is 1.78. The summed E-state index contributed by atoms with van der Waals surface area (Å²) in [7, 11) is 0. The minimum Gasteiger partial charge on any atom is -0.477 e. The van der Waals surface area contributed by atoms with Gasteiger partial charge in [-0.15, -0.1) is 0 Å². The topological polar surface area (TPSA) is 98.9 Å². The third-order valence-corrected chi connectivity index (χ3v) is 2.43. The van der Waals surface area contributed by atoms with Crippen LogP contribution in [0.2, 0.25) is 0 Å². The molecule has 0 radical (unpaired) electrons. The molecular weight excluding hydrogens is 250 g/mol. The van der Waals surface area contributed by atoms with E-state index in [1.54, 1.807) is 0 Å². The maximum Gasteiger partial charge on any atom is 0.513 e. The molecule has 0 aliphatic carbocycles. The SMILES string of the molecule is CCCCCOC(=O)Oc1cccc(N)c1C(=O)O. The highest BCUT2D eigenvalue weighted by molar-refractivity contribution is 5.97. The van der Waals surface area contributed by atoms with Gasteiger partial charge in [0, 0.05) is 5.69 Å². The van der Waals surface area contributed by atoms with Crippen LogP contribution in [-0.4, -0.2) is 23.8 Å². The van der Waals surface area contributed by atoms with Crippen molar-refractivity contribution >= 4 is 17.8 Å². The fourth-order valence-corrected chi connectivity index (χ4v) is 1.49. The molecule has 0 aromatic heterocycles. The van der Waals surface area contributed by atoms with Crippen molar-refractivity contribution in [3.8, 4) is 5.75 Å². The molecule has 0 spiro atoms. The van der Waals surface area contributed by atoms with Crippen molar-refractivity contribution in [2.45, 2.75) is 26.2 Å². The van der Waals surface area contributed by atoms with Crippen molar-refractivity contribution in [2.75, 3.05) is 12.3 Å². The second-order valence-electron chi connectivity index (χ2n) is 3.93. The summed E-state index contributed by atoms with van der Waals surface area (Å²) in [6, 6.07) is 4.28. The van der Waals surface area contributed by atoms with Crippen molar-refractivity contribution in [3.05, 3.63) is 23.8 Å². The molecule has 0 heterocycles. The van der Waals surface area contributed by atoms with E-state index in [1.165, 1.54) is 18.2 Å². The summed E-state index contributed by atoms with van der Waals surface area (Å²) in [6.45, 7) is 2.28. The lowest BCUT2D eigenvalue weighted by molar-refractivity contribution is 0.0690. The number of carbonyl (C=O) groups excluding carboxylic acids is 1. The highest BCUT2D eigenvalue weighted by atomic mass is 16.7. The minimum atomic E-state index is -1.26. The molecule has 0 unspecified atom stereocenters. The van der Waals surface area contributed by atoms with Crippen molar-refractivity contribution < 1.29 is 24.2 Å². The molecule has 6 heteroatoms. The lowest BCUT2D eigenvalue weighted by Crippen LogP contribution is -2.14. The second-order valence-corrected chi connectivity index (χ2v) is 3.93. The van der Waals surface area contributed by atoms with Gasteiger partial charge in [0.1, 0.15) is 5.56 Å².